The molecule has 0 aromatic heterocycles. The second kappa shape index (κ2) is 6.87. The highest BCUT2D eigenvalue weighted by molar-refractivity contribution is 8.00. The molecule has 0 aromatic carbocycles. The standard InChI is InChI=1S/C12H23N3O2S/c1-3-5-9(10(13)15-17)11(16)14-8-12(18-2)6-4-7-12/h9,17H,3-8H2,1-2H3,(H2,13,15)(H,14,16). The van der Waals surface area contributed by atoms with Gasteiger partial charge >= 0.3 is 0 Å². The topological polar surface area (TPSA) is 87.7 Å². The van der Waals surface area contributed by atoms with Crippen molar-refractivity contribution in [2.45, 2.75) is 43.8 Å². The van der Waals surface area contributed by atoms with E-state index in [0.29, 0.717) is 13.0 Å². The second-order valence-electron chi connectivity index (χ2n) is 4.82. The van der Waals surface area contributed by atoms with Crippen LogP contribution >= 0.6 is 11.8 Å². The molecule has 0 spiro atoms. The molecule has 1 atom stereocenters. The summed E-state index contributed by atoms with van der Waals surface area (Å²) in [6.45, 7) is 2.65. The molecule has 1 unspecified atom stereocenters. The Hall–Kier alpha value is -0.910. The molecular weight excluding hydrogens is 250 g/mol. The lowest BCUT2D eigenvalue weighted by Crippen LogP contribution is -2.48. The number of amidine groups is 1. The van der Waals surface area contributed by atoms with Crippen molar-refractivity contribution in [3.05, 3.63) is 0 Å². The van der Waals surface area contributed by atoms with Crippen molar-refractivity contribution in [3.8, 4) is 0 Å². The first-order valence-electron chi connectivity index (χ1n) is 6.39. The first-order valence-corrected chi connectivity index (χ1v) is 7.61. The van der Waals surface area contributed by atoms with Gasteiger partial charge in [0.05, 0.1) is 5.92 Å². The molecule has 0 aromatic rings. The van der Waals surface area contributed by atoms with Gasteiger partial charge in [0.25, 0.3) is 0 Å². The molecule has 18 heavy (non-hydrogen) atoms. The maximum absolute atomic E-state index is 12.0. The number of oxime groups is 1. The number of nitrogens with zero attached hydrogens (tertiary/aromatic N) is 1. The van der Waals surface area contributed by atoms with Crippen molar-refractivity contribution in [1.29, 1.82) is 0 Å². The normalized spacial score (nSPS) is 20.0. The van der Waals surface area contributed by atoms with E-state index >= 15 is 0 Å². The Morgan fingerprint density at radius 3 is 2.67 bits per heavy atom. The third kappa shape index (κ3) is 3.54. The van der Waals surface area contributed by atoms with Crippen LogP contribution in [0.5, 0.6) is 0 Å². The molecule has 1 fully saturated rings. The Bertz CT molecular complexity index is 311. The van der Waals surface area contributed by atoms with Crippen molar-refractivity contribution in [2.24, 2.45) is 16.8 Å². The zero-order valence-corrected chi connectivity index (χ0v) is 11.9. The van der Waals surface area contributed by atoms with Crippen molar-refractivity contribution in [1.82, 2.24) is 5.32 Å². The number of carbonyl (C=O) groups is 1. The van der Waals surface area contributed by atoms with Crippen LogP contribution in [-0.2, 0) is 4.79 Å². The number of rotatable bonds is 7. The number of hydrogen-bond acceptors (Lipinski definition) is 4. The summed E-state index contributed by atoms with van der Waals surface area (Å²) in [6.07, 6.45) is 7.04. The van der Waals surface area contributed by atoms with E-state index in [1.54, 1.807) is 0 Å². The number of carbonyl (C=O) groups excluding carboxylic acids is 1. The predicted molar refractivity (Wildman–Crippen MR) is 74.9 cm³/mol. The Labute approximate surface area is 113 Å². The summed E-state index contributed by atoms with van der Waals surface area (Å²) in [4.78, 5) is 12.0. The maximum Gasteiger partial charge on any atom is 0.230 e. The van der Waals surface area contributed by atoms with Crippen LogP contribution in [0, 0.1) is 5.92 Å². The zero-order chi connectivity index (χ0) is 13.6. The second-order valence-corrected chi connectivity index (χ2v) is 6.10. The van der Waals surface area contributed by atoms with Gasteiger partial charge in [0, 0.05) is 11.3 Å². The van der Waals surface area contributed by atoms with Crippen molar-refractivity contribution < 1.29 is 10.0 Å². The molecule has 1 aliphatic rings. The Morgan fingerprint density at radius 1 is 1.61 bits per heavy atom. The first-order chi connectivity index (χ1) is 8.58. The van der Waals surface area contributed by atoms with Gasteiger partial charge in [0.1, 0.15) is 0 Å². The van der Waals surface area contributed by atoms with Crippen LogP contribution in [0.1, 0.15) is 39.0 Å². The van der Waals surface area contributed by atoms with Gasteiger partial charge in [-0.15, -0.1) is 0 Å². The molecule has 4 N–H and O–H groups in total. The van der Waals surface area contributed by atoms with Gasteiger partial charge in [0.2, 0.25) is 5.91 Å². The van der Waals surface area contributed by atoms with Crippen molar-refractivity contribution in [2.75, 3.05) is 12.8 Å². The number of hydrogen-bond donors (Lipinski definition) is 3. The molecule has 104 valence electrons. The van der Waals surface area contributed by atoms with E-state index < -0.39 is 5.92 Å². The minimum atomic E-state index is -0.515. The Balaban J connectivity index is 2.51. The number of nitrogens with two attached hydrogens (primary N) is 1. The fourth-order valence-electron chi connectivity index (χ4n) is 2.17. The molecule has 1 saturated carbocycles. The van der Waals surface area contributed by atoms with Crippen LogP contribution in [0.25, 0.3) is 0 Å². The van der Waals surface area contributed by atoms with Crippen LogP contribution in [0.3, 0.4) is 0 Å². The van der Waals surface area contributed by atoms with Gasteiger partial charge in [-0.25, -0.2) is 0 Å². The highest BCUT2D eigenvalue weighted by Gasteiger charge is 2.37. The monoisotopic (exact) mass is 273 g/mol. The smallest absolute Gasteiger partial charge is 0.230 e. The highest BCUT2D eigenvalue weighted by Crippen LogP contribution is 2.42. The summed E-state index contributed by atoms with van der Waals surface area (Å²) in [7, 11) is 0. The average molecular weight is 273 g/mol. The molecule has 0 saturated heterocycles. The van der Waals surface area contributed by atoms with Crippen molar-refractivity contribution >= 4 is 23.5 Å². The summed E-state index contributed by atoms with van der Waals surface area (Å²) in [6, 6.07) is 0. The number of thioether (sulfide) groups is 1. The van der Waals surface area contributed by atoms with Gasteiger partial charge in [-0.05, 0) is 25.5 Å². The highest BCUT2D eigenvalue weighted by atomic mass is 32.2. The first kappa shape index (κ1) is 15.1. The third-order valence-electron chi connectivity index (χ3n) is 3.65. The van der Waals surface area contributed by atoms with Crippen LogP contribution < -0.4 is 11.1 Å². The minimum Gasteiger partial charge on any atom is -0.409 e. The van der Waals surface area contributed by atoms with Gasteiger partial charge in [0.15, 0.2) is 5.84 Å². The molecule has 0 bridgehead atoms. The zero-order valence-electron chi connectivity index (χ0n) is 11.1. The summed E-state index contributed by atoms with van der Waals surface area (Å²) in [5, 5.41) is 14.6. The summed E-state index contributed by atoms with van der Waals surface area (Å²) >= 11 is 1.81. The molecule has 1 amide bonds. The van der Waals surface area contributed by atoms with E-state index in [4.69, 9.17) is 10.9 Å². The van der Waals surface area contributed by atoms with Gasteiger partial charge in [-0.3, -0.25) is 4.79 Å². The van der Waals surface area contributed by atoms with E-state index in [0.717, 1.165) is 19.3 Å². The van der Waals surface area contributed by atoms with Gasteiger partial charge in [-0.2, -0.15) is 11.8 Å². The molecule has 0 heterocycles. The van der Waals surface area contributed by atoms with E-state index in [-0.39, 0.29) is 16.5 Å². The van der Waals surface area contributed by atoms with Crippen LogP contribution in [0.15, 0.2) is 5.16 Å². The average Bonchev–Trinajstić information content (AvgIpc) is 2.34. The van der Waals surface area contributed by atoms with Crippen LogP contribution in [-0.4, -0.2) is 34.5 Å². The predicted octanol–water partition coefficient (Wildman–Crippen LogP) is 1.55. The fourth-order valence-corrected chi connectivity index (χ4v) is 3.08. The lowest BCUT2D eigenvalue weighted by Gasteiger charge is -2.40. The molecule has 1 aliphatic carbocycles. The molecule has 5 nitrogen and oxygen atoms in total. The van der Waals surface area contributed by atoms with E-state index in [1.807, 2.05) is 18.7 Å². The van der Waals surface area contributed by atoms with E-state index in [1.165, 1.54) is 6.42 Å². The largest absolute Gasteiger partial charge is 0.409 e. The molecular formula is C12H23N3O2S. The lowest BCUT2D eigenvalue weighted by molar-refractivity contribution is -0.123. The van der Waals surface area contributed by atoms with Crippen molar-refractivity contribution in [3.63, 3.8) is 0 Å². The number of amides is 1. The Morgan fingerprint density at radius 2 is 2.28 bits per heavy atom. The van der Waals surface area contributed by atoms with Crippen LogP contribution in [0.2, 0.25) is 0 Å². The van der Waals surface area contributed by atoms with Gasteiger partial charge < -0.3 is 16.3 Å². The maximum atomic E-state index is 12.0. The van der Waals surface area contributed by atoms with E-state index in [9.17, 15) is 4.79 Å². The lowest BCUT2D eigenvalue weighted by atomic mass is 9.84. The van der Waals surface area contributed by atoms with E-state index in [2.05, 4.69) is 16.7 Å². The minimum absolute atomic E-state index is 0.00107. The quantitative estimate of drug-likeness (QED) is 0.284. The Kier molecular flexibility index (Phi) is 5.78. The summed E-state index contributed by atoms with van der Waals surface area (Å²) in [5.41, 5.74) is 5.56. The molecule has 0 radical (unpaired) electrons. The SMILES string of the molecule is CCCC(C(=O)NCC1(SC)CCC1)C(N)=NO. The summed E-state index contributed by atoms with van der Waals surface area (Å²) in [5.74, 6) is -0.646. The number of nitrogens with one attached hydrogen (secondary N) is 1. The van der Waals surface area contributed by atoms with Gasteiger partial charge in [-0.1, -0.05) is 24.9 Å². The fraction of sp³-hybridized carbons (Fsp3) is 0.833. The van der Waals surface area contributed by atoms with Crippen LogP contribution in [0.4, 0.5) is 0 Å². The molecule has 0 aliphatic heterocycles. The summed E-state index contributed by atoms with van der Waals surface area (Å²) < 4.78 is 0.206. The molecule has 6 heteroatoms. The molecule has 1 rings (SSSR count). The third-order valence-corrected chi connectivity index (χ3v) is 5.07.